The van der Waals surface area contributed by atoms with Crippen molar-refractivity contribution in [1.29, 1.82) is 0 Å². The summed E-state index contributed by atoms with van der Waals surface area (Å²) < 4.78 is 11.9. The summed E-state index contributed by atoms with van der Waals surface area (Å²) in [6, 6.07) is -0.225. The summed E-state index contributed by atoms with van der Waals surface area (Å²) in [7, 11) is 1.96. The van der Waals surface area contributed by atoms with Crippen LogP contribution >= 0.6 is 0 Å². The Morgan fingerprint density at radius 3 is 2.39 bits per heavy atom. The Morgan fingerprint density at radius 2 is 1.70 bits per heavy atom. The molecule has 3 saturated carbocycles. The van der Waals surface area contributed by atoms with Crippen molar-refractivity contribution >= 4 is 0 Å². The number of aliphatic hydroxyl groups excluding tert-OH is 6. The standard InChI is InChI=1S/C34H57NO9/c1-31(44-30-28(41)27(40)26(39)24(16-36)43-30)11-10-25(35(5)17-31)34(4,42)29-23(38)15-22-20-7-6-18-14-19(37)8-12-32(18,2)21(20)9-13-33(22,29)3/h6,19-30,36-42H,7-17H2,1-5H3/t19-,20+,21-,22-,23+,24+,25?,26+,27-,28+,29-,30-,31?,32-,33-,34-/m0/s1. The van der Waals surface area contributed by atoms with Crippen LogP contribution in [0.1, 0.15) is 85.5 Å². The first kappa shape index (κ1) is 33.2. The highest BCUT2D eigenvalue weighted by Crippen LogP contribution is 2.68. The molecule has 2 unspecified atom stereocenters. The van der Waals surface area contributed by atoms with Gasteiger partial charge >= 0.3 is 0 Å². The third-order valence-electron chi connectivity index (χ3n) is 13.7. The molecule has 10 heteroatoms. The Hall–Kier alpha value is -0.660. The summed E-state index contributed by atoms with van der Waals surface area (Å²) in [5.41, 5.74) is -0.591. The van der Waals surface area contributed by atoms with Crippen LogP contribution in [-0.4, -0.2) is 121 Å². The summed E-state index contributed by atoms with van der Waals surface area (Å²) >= 11 is 0. The molecule has 0 radical (unpaired) electrons. The second kappa shape index (κ2) is 11.5. The zero-order valence-electron chi connectivity index (χ0n) is 27.2. The van der Waals surface area contributed by atoms with Crippen LogP contribution in [0.3, 0.4) is 0 Å². The molecule has 2 heterocycles. The van der Waals surface area contributed by atoms with Crippen molar-refractivity contribution in [2.75, 3.05) is 20.2 Å². The van der Waals surface area contributed by atoms with E-state index < -0.39 is 54.6 Å². The first-order valence-corrected chi connectivity index (χ1v) is 17.0. The molecule has 6 aliphatic rings. The number of allylic oxidation sites excluding steroid dienone is 1. The molecule has 252 valence electrons. The van der Waals surface area contributed by atoms with Gasteiger partial charge in [0.05, 0.1) is 30.0 Å². The van der Waals surface area contributed by atoms with Gasteiger partial charge in [-0.1, -0.05) is 25.5 Å². The van der Waals surface area contributed by atoms with Crippen molar-refractivity contribution in [1.82, 2.24) is 4.90 Å². The number of fused-ring (bicyclic) bond motifs is 5. The minimum atomic E-state index is -1.50. The van der Waals surface area contributed by atoms with Crippen LogP contribution in [0.15, 0.2) is 11.6 Å². The molecule has 0 aromatic rings. The minimum absolute atomic E-state index is 0.115. The van der Waals surface area contributed by atoms with Crippen molar-refractivity contribution in [3.05, 3.63) is 11.6 Å². The maximum Gasteiger partial charge on any atom is 0.187 e. The van der Waals surface area contributed by atoms with Crippen LogP contribution < -0.4 is 0 Å². The third-order valence-corrected chi connectivity index (χ3v) is 13.7. The molecule has 2 saturated heterocycles. The molecule has 44 heavy (non-hydrogen) atoms. The van der Waals surface area contributed by atoms with Gasteiger partial charge in [0.25, 0.3) is 0 Å². The molecule has 16 atom stereocenters. The van der Waals surface area contributed by atoms with Crippen LogP contribution in [0, 0.1) is 34.5 Å². The number of likely N-dealkylation sites (tertiary alicyclic amines) is 1. The van der Waals surface area contributed by atoms with Gasteiger partial charge in [0.15, 0.2) is 6.29 Å². The Balaban J connectivity index is 1.17. The lowest BCUT2D eigenvalue weighted by atomic mass is 9.46. The van der Waals surface area contributed by atoms with Gasteiger partial charge in [-0.2, -0.15) is 0 Å². The summed E-state index contributed by atoms with van der Waals surface area (Å²) in [6.45, 7) is 8.44. The van der Waals surface area contributed by atoms with E-state index in [2.05, 4.69) is 24.8 Å². The third kappa shape index (κ3) is 5.15. The fourth-order valence-electron chi connectivity index (χ4n) is 11.6. The number of ether oxygens (including phenoxy) is 2. The molecule has 0 aromatic carbocycles. The van der Waals surface area contributed by atoms with Gasteiger partial charge in [-0.25, -0.2) is 0 Å². The highest BCUT2D eigenvalue weighted by atomic mass is 16.7. The molecule has 10 nitrogen and oxygen atoms in total. The van der Waals surface area contributed by atoms with Crippen molar-refractivity contribution < 1.29 is 45.2 Å². The lowest BCUT2D eigenvalue weighted by molar-refractivity contribution is -0.330. The van der Waals surface area contributed by atoms with Gasteiger partial charge < -0.3 is 45.2 Å². The maximum absolute atomic E-state index is 12.5. The van der Waals surface area contributed by atoms with Crippen molar-refractivity contribution in [2.45, 2.75) is 146 Å². The molecule has 0 bridgehead atoms. The monoisotopic (exact) mass is 623 g/mol. The predicted octanol–water partition coefficient (Wildman–Crippen LogP) is 1.32. The lowest BCUT2D eigenvalue weighted by Gasteiger charge is -2.60. The quantitative estimate of drug-likeness (QED) is 0.222. The molecule has 7 N–H and O–H groups in total. The number of likely N-dealkylation sites (N-methyl/N-ethyl adjacent to an activating group) is 1. The van der Waals surface area contributed by atoms with Gasteiger partial charge in [0.2, 0.25) is 0 Å². The molecule has 6 rings (SSSR count). The zero-order valence-corrected chi connectivity index (χ0v) is 27.2. The highest BCUT2D eigenvalue weighted by molar-refractivity contribution is 5.26. The summed E-state index contributed by atoms with van der Waals surface area (Å²) in [5.74, 6) is 1.05. The average molecular weight is 624 g/mol. The summed E-state index contributed by atoms with van der Waals surface area (Å²) in [5, 5.41) is 75.1. The number of hydrogen-bond donors (Lipinski definition) is 7. The smallest absolute Gasteiger partial charge is 0.187 e. The molecule has 5 fully saturated rings. The Bertz CT molecular complexity index is 1100. The summed E-state index contributed by atoms with van der Waals surface area (Å²) in [6.07, 6.45) is 2.44. The molecule has 4 aliphatic carbocycles. The van der Waals surface area contributed by atoms with Gasteiger partial charge in [-0.3, -0.25) is 4.90 Å². The molecular weight excluding hydrogens is 566 g/mol. The highest BCUT2D eigenvalue weighted by Gasteiger charge is 2.66. The lowest BCUT2D eigenvalue weighted by Crippen LogP contribution is -2.66. The number of rotatable bonds is 5. The first-order valence-electron chi connectivity index (χ1n) is 17.0. The van der Waals surface area contributed by atoms with Crippen LogP contribution in [0.2, 0.25) is 0 Å². The SMILES string of the molecule is CN1CC(C)(O[C@@H]2O[C@H](CO)[C@@H](O)[C@H](O)[C@H]2O)CCC1[C@](C)(O)[C@H]1[C@H](O)C[C@H]2[C@@H]3CC=C4C[C@@H](O)CC[C@]4(C)[C@H]3CC[C@@]21C. The zero-order chi connectivity index (χ0) is 32.0. The van der Waals surface area contributed by atoms with Crippen LogP contribution in [-0.2, 0) is 9.47 Å². The van der Waals surface area contributed by atoms with E-state index in [4.69, 9.17) is 9.47 Å². The molecule has 2 aliphatic heterocycles. The summed E-state index contributed by atoms with van der Waals surface area (Å²) in [4.78, 5) is 2.09. The number of hydrogen-bond acceptors (Lipinski definition) is 10. The van der Waals surface area contributed by atoms with E-state index in [0.29, 0.717) is 43.6 Å². The van der Waals surface area contributed by atoms with Crippen molar-refractivity contribution in [2.24, 2.45) is 34.5 Å². The van der Waals surface area contributed by atoms with Crippen LogP contribution in [0.4, 0.5) is 0 Å². The number of nitrogens with zero attached hydrogens (tertiary/aromatic N) is 1. The van der Waals surface area contributed by atoms with Gasteiger partial charge in [-0.15, -0.1) is 0 Å². The molecular formula is C34H57NO9. The van der Waals surface area contributed by atoms with E-state index >= 15 is 0 Å². The first-order chi connectivity index (χ1) is 20.6. The van der Waals surface area contributed by atoms with Crippen molar-refractivity contribution in [3.63, 3.8) is 0 Å². The molecule has 0 aromatic heterocycles. The number of aliphatic hydroxyl groups is 7. The van der Waals surface area contributed by atoms with E-state index in [1.165, 1.54) is 5.57 Å². The topological polar surface area (TPSA) is 163 Å². The van der Waals surface area contributed by atoms with E-state index in [-0.39, 0.29) is 28.9 Å². The van der Waals surface area contributed by atoms with E-state index in [9.17, 15) is 35.7 Å². The minimum Gasteiger partial charge on any atom is -0.394 e. The Kier molecular flexibility index (Phi) is 8.69. The predicted molar refractivity (Wildman–Crippen MR) is 162 cm³/mol. The van der Waals surface area contributed by atoms with E-state index in [1.54, 1.807) is 0 Å². The second-order valence-electron chi connectivity index (χ2n) is 16.4. The van der Waals surface area contributed by atoms with Gasteiger partial charge in [-0.05, 0) is 107 Å². The van der Waals surface area contributed by atoms with Crippen LogP contribution in [0.5, 0.6) is 0 Å². The molecule has 0 spiro atoms. The van der Waals surface area contributed by atoms with Gasteiger partial charge in [0, 0.05) is 18.5 Å². The van der Waals surface area contributed by atoms with E-state index in [0.717, 1.165) is 38.5 Å². The largest absolute Gasteiger partial charge is 0.394 e. The van der Waals surface area contributed by atoms with Crippen molar-refractivity contribution in [3.8, 4) is 0 Å². The maximum atomic E-state index is 12.5. The van der Waals surface area contributed by atoms with Gasteiger partial charge in [0.1, 0.15) is 24.4 Å². The number of piperidine rings is 1. The van der Waals surface area contributed by atoms with Crippen LogP contribution in [0.25, 0.3) is 0 Å². The fourth-order valence-corrected chi connectivity index (χ4v) is 11.6. The fraction of sp³-hybridized carbons (Fsp3) is 0.941. The average Bonchev–Trinajstić information content (AvgIpc) is 3.24. The second-order valence-corrected chi connectivity index (χ2v) is 16.4. The normalized spacial score (nSPS) is 54.5. The Morgan fingerprint density at radius 1 is 0.977 bits per heavy atom. The van der Waals surface area contributed by atoms with E-state index in [1.807, 2.05) is 20.9 Å². The Labute approximate surface area is 262 Å². The molecule has 0 amide bonds.